The summed E-state index contributed by atoms with van der Waals surface area (Å²) in [4.78, 5) is 12.4. The van der Waals surface area contributed by atoms with E-state index in [0.717, 1.165) is 11.8 Å². The first kappa shape index (κ1) is 25.1. The largest absolute Gasteiger partial charge is 0.497 e. The second-order valence-corrected chi connectivity index (χ2v) is 9.88. The van der Waals surface area contributed by atoms with Crippen LogP contribution in [0.3, 0.4) is 0 Å². The zero-order valence-electron chi connectivity index (χ0n) is 19.3. The SMILES string of the molecule is COc1ccc(S(=O)(=O)Nc2ccc(-c3nnc(SCC(=O)Nc4ccccc4OC)o3)cc2)cc1. The number of carbonyl (C=O) groups excluding carboxylic acids is 1. The Morgan fingerprint density at radius 2 is 1.67 bits per heavy atom. The van der Waals surface area contributed by atoms with E-state index in [9.17, 15) is 13.2 Å². The number of nitrogens with zero attached hydrogens (tertiary/aromatic N) is 2. The molecular formula is C24H22N4O6S2. The molecule has 0 saturated heterocycles. The summed E-state index contributed by atoms with van der Waals surface area (Å²) < 4.78 is 43.6. The van der Waals surface area contributed by atoms with Crippen LogP contribution in [0.4, 0.5) is 11.4 Å². The lowest BCUT2D eigenvalue weighted by molar-refractivity contribution is -0.113. The second kappa shape index (κ2) is 11.1. The zero-order chi connectivity index (χ0) is 25.5. The average Bonchev–Trinajstić information content (AvgIpc) is 3.37. The minimum absolute atomic E-state index is 0.0613. The molecule has 4 aromatic rings. The van der Waals surface area contributed by atoms with Crippen molar-refractivity contribution in [3.8, 4) is 23.0 Å². The third-order valence-electron chi connectivity index (χ3n) is 4.87. The number of thioether (sulfide) groups is 1. The maximum atomic E-state index is 12.6. The highest BCUT2D eigenvalue weighted by Gasteiger charge is 2.16. The van der Waals surface area contributed by atoms with Crippen LogP contribution in [0.15, 0.2) is 87.3 Å². The van der Waals surface area contributed by atoms with E-state index in [1.165, 1.54) is 26.4 Å². The van der Waals surface area contributed by atoms with Gasteiger partial charge in [-0.25, -0.2) is 8.42 Å². The fourth-order valence-corrected chi connectivity index (χ4v) is 4.72. The monoisotopic (exact) mass is 526 g/mol. The van der Waals surface area contributed by atoms with Crippen LogP contribution < -0.4 is 19.5 Å². The molecule has 186 valence electrons. The Balaban J connectivity index is 1.35. The van der Waals surface area contributed by atoms with Crippen molar-refractivity contribution in [2.75, 3.05) is 30.0 Å². The third kappa shape index (κ3) is 6.15. The molecule has 0 bridgehead atoms. The van der Waals surface area contributed by atoms with Gasteiger partial charge in [0.2, 0.25) is 11.8 Å². The molecular weight excluding hydrogens is 504 g/mol. The number of carbonyl (C=O) groups is 1. The molecule has 10 nitrogen and oxygen atoms in total. The van der Waals surface area contributed by atoms with Crippen LogP contribution in [0.5, 0.6) is 11.5 Å². The highest BCUT2D eigenvalue weighted by molar-refractivity contribution is 7.99. The molecule has 3 aromatic carbocycles. The fraction of sp³-hybridized carbons (Fsp3) is 0.125. The van der Waals surface area contributed by atoms with Gasteiger partial charge in [0.1, 0.15) is 11.5 Å². The Morgan fingerprint density at radius 3 is 2.36 bits per heavy atom. The summed E-state index contributed by atoms with van der Waals surface area (Å²) in [5, 5.41) is 11.0. The van der Waals surface area contributed by atoms with Gasteiger partial charge in [0.25, 0.3) is 15.2 Å². The first-order valence-corrected chi connectivity index (χ1v) is 13.0. The number of hydrogen-bond donors (Lipinski definition) is 2. The van der Waals surface area contributed by atoms with Crippen LogP contribution in [0.25, 0.3) is 11.5 Å². The summed E-state index contributed by atoms with van der Waals surface area (Å²) in [5.74, 6) is 1.18. The van der Waals surface area contributed by atoms with E-state index in [0.29, 0.717) is 28.4 Å². The van der Waals surface area contributed by atoms with Gasteiger partial charge in [-0.1, -0.05) is 23.9 Å². The molecule has 4 rings (SSSR count). The minimum Gasteiger partial charge on any atom is -0.497 e. The highest BCUT2D eigenvalue weighted by atomic mass is 32.2. The normalized spacial score (nSPS) is 11.1. The number of nitrogens with one attached hydrogen (secondary N) is 2. The second-order valence-electron chi connectivity index (χ2n) is 7.27. The van der Waals surface area contributed by atoms with E-state index < -0.39 is 10.0 Å². The minimum atomic E-state index is -3.76. The number of sulfonamides is 1. The number of hydrogen-bond acceptors (Lipinski definition) is 9. The summed E-state index contributed by atoms with van der Waals surface area (Å²) in [7, 11) is -0.722. The van der Waals surface area contributed by atoms with Gasteiger partial charge in [-0.2, -0.15) is 0 Å². The number of para-hydroxylation sites is 2. The molecule has 1 heterocycles. The molecule has 1 aromatic heterocycles. The standard InChI is InChI=1S/C24H22N4O6S2/c1-32-18-11-13-19(14-12-18)36(30,31)28-17-9-7-16(8-10-17)23-26-27-24(34-23)35-15-22(29)25-20-5-3-4-6-21(20)33-2/h3-14,28H,15H2,1-2H3,(H,25,29). The van der Waals surface area contributed by atoms with Crippen molar-refractivity contribution in [3.63, 3.8) is 0 Å². The molecule has 0 saturated carbocycles. The first-order chi connectivity index (χ1) is 17.4. The Morgan fingerprint density at radius 1 is 0.944 bits per heavy atom. The van der Waals surface area contributed by atoms with Gasteiger partial charge < -0.3 is 19.2 Å². The van der Waals surface area contributed by atoms with Gasteiger partial charge in [-0.05, 0) is 60.7 Å². The summed E-state index contributed by atoms with van der Waals surface area (Å²) in [6.45, 7) is 0. The number of benzene rings is 3. The number of ether oxygens (including phenoxy) is 2. The molecule has 36 heavy (non-hydrogen) atoms. The van der Waals surface area contributed by atoms with E-state index in [2.05, 4.69) is 20.2 Å². The van der Waals surface area contributed by atoms with Crippen molar-refractivity contribution in [1.82, 2.24) is 10.2 Å². The maximum absolute atomic E-state index is 12.6. The lowest BCUT2D eigenvalue weighted by Crippen LogP contribution is -2.14. The van der Waals surface area contributed by atoms with Crippen LogP contribution in [-0.2, 0) is 14.8 Å². The molecule has 0 aliphatic rings. The molecule has 1 amide bonds. The summed E-state index contributed by atoms with van der Waals surface area (Å²) in [6.07, 6.45) is 0. The summed E-state index contributed by atoms with van der Waals surface area (Å²) in [6, 6.07) is 19.7. The van der Waals surface area contributed by atoms with Crippen molar-refractivity contribution in [2.24, 2.45) is 0 Å². The predicted octanol–water partition coefficient (Wildman–Crippen LogP) is 4.29. The smallest absolute Gasteiger partial charge is 0.277 e. The number of aromatic nitrogens is 2. The lowest BCUT2D eigenvalue weighted by Gasteiger charge is -2.09. The molecule has 0 radical (unpaired) electrons. The Kier molecular flexibility index (Phi) is 7.76. The van der Waals surface area contributed by atoms with Gasteiger partial charge in [0.05, 0.1) is 30.6 Å². The number of methoxy groups -OCH3 is 2. The van der Waals surface area contributed by atoms with Crippen LogP contribution in [0.1, 0.15) is 0 Å². The number of anilines is 2. The highest BCUT2D eigenvalue weighted by Crippen LogP contribution is 2.27. The molecule has 2 N–H and O–H groups in total. The summed E-state index contributed by atoms with van der Waals surface area (Å²) in [5.41, 5.74) is 1.54. The van der Waals surface area contributed by atoms with Crippen LogP contribution >= 0.6 is 11.8 Å². The van der Waals surface area contributed by atoms with Crippen LogP contribution in [0, 0.1) is 0 Å². The van der Waals surface area contributed by atoms with Crippen molar-refractivity contribution in [3.05, 3.63) is 72.8 Å². The maximum Gasteiger partial charge on any atom is 0.277 e. The topological polar surface area (TPSA) is 133 Å². The molecule has 0 aliphatic heterocycles. The van der Waals surface area contributed by atoms with Gasteiger partial charge in [-0.15, -0.1) is 10.2 Å². The van der Waals surface area contributed by atoms with Crippen molar-refractivity contribution in [1.29, 1.82) is 0 Å². The van der Waals surface area contributed by atoms with Gasteiger partial charge in [-0.3, -0.25) is 9.52 Å². The lowest BCUT2D eigenvalue weighted by atomic mass is 10.2. The third-order valence-corrected chi connectivity index (χ3v) is 7.08. The van der Waals surface area contributed by atoms with Crippen molar-refractivity contribution >= 4 is 39.1 Å². The predicted molar refractivity (Wildman–Crippen MR) is 136 cm³/mol. The average molecular weight is 527 g/mol. The molecule has 0 atom stereocenters. The van der Waals surface area contributed by atoms with Gasteiger partial charge >= 0.3 is 0 Å². The van der Waals surface area contributed by atoms with Crippen molar-refractivity contribution in [2.45, 2.75) is 10.1 Å². The Labute approximate surface area is 212 Å². The van der Waals surface area contributed by atoms with Crippen LogP contribution in [0.2, 0.25) is 0 Å². The van der Waals surface area contributed by atoms with E-state index in [1.54, 1.807) is 54.6 Å². The fourth-order valence-electron chi connectivity index (χ4n) is 3.10. The summed E-state index contributed by atoms with van der Waals surface area (Å²) >= 11 is 1.09. The molecule has 0 fully saturated rings. The van der Waals surface area contributed by atoms with Crippen LogP contribution in [-0.4, -0.2) is 44.5 Å². The number of rotatable bonds is 10. The first-order valence-electron chi connectivity index (χ1n) is 10.5. The van der Waals surface area contributed by atoms with Gasteiger partial charge in [0.15, 0.2) is 0 Å². The van der Waals surface area contributed by atoms with E-state index in [4.69, 9.17) is 13.9 Å². The Hall–Kier alpha value is -4.03. The molecule has 0 unspecified atom stereocenters. The molecule has 0 spiro atoms. The quantitative estimate of drug-likeness (QED) is 0.290. The number of amides is 1. The van der Waals surface area contributed by atoms with Gasteiger partial charge in [0, 0.05) is 11.3 Å². The van der Waals surface area contributed by atoms with E-state index >= 15 is 0 Å². The zero-order valence-corrected chi connectivity index (χ0v) is 20.9. The Bertz CT molecular complexity index is 1440. The molecule has 12 heteroatoms. The van der Waals surface area contributed by atoms with E-state index in [1.807, 2.05) is 6.07 Å². The van der Waals surface area contributed by atoms with E-state index in [-0.39, 0.29) is 27.7 Å². The van der Waals surface area contributed by atoms with Crippen molar-refractivity contribution < 1.29 is 27.1 Å². The molecule has 0 aliphatic carbocycles.